The molecule has 0 bridgehead atoms. The van der Waals surface area contributed by atoms with Gasteiger partial charge in [-0.2, -0.15) is 5.06 Å². The number of piperidine rings is 1. The van der Waals surface area contributed by atoms with Gasteiger partial charge in [0, 0.05) is 12.1 Å². The molecule has 0 aromatic heterocycles. The molecule has 1 rings (SSSR count). The summed E-state index contributed by atoms with van der Waals surface area (Å²) in [7, 11) is 0. The fraction of sp³-hybridized carbons (Fsp3) is 1.00. The number of hydroxylamine groups is 2. The quantitative estimate of drug-likeness (QED) is 0.583. The van der Waals surface area contributed by atoms with Crippen molar-refractivity contribution in [3.05, 3.63) is 0 Å². The molecule has 11 heavy (non-hydrogen) atoms. The van der Waals surface area contributed by atoms with Gasteiger partial charge in [0.1, 0.15) is 0 Å². The van der Waals surface area contributed by atoms with E-state index in [-0.39, 0.29) is 5.54 Å². The van der Waals surface area contributed by atoms with Gasteiger partial charge in [-0.1, -0.05) is 13.8 Å². The Bertz CT molecular complexity index is 152. The van der Waals surface area contributed by atoms with Crippen LogP contribution >= 0.6 is 0 Å². The molecule has 0 aromatic rings. The van der Waals surface area contributed by atoms with Crippen LogP contribution in [0.15, 0.2) is 0 Å². The summed E-state index contributed by atoms with van der Waals surface area (Å²) in [6.07, 6.45) is 2.16. The summed E-state index contributed by atoms with van der Waals surface area (Å²) < 4.78 is 0. The van der Waals surface area contributed by atoms with Crippen molar-refractivity contribution in [1.82, 2.24) is 5.06 Å². The molecule has 66 valence electrons. The molecule has 0 saturated carbocycles. The van der Waals surface area contributed by atoms with Gasteiger partial charge in [0.2, 0.25) is 0 Å². The summed E-state index contributed by atoms with van der Waals surface area (Å²) in [6.45, 7) is 9.52. The van der Waals surface area contributed by atoms with Crippen molar-refractivity contribution >= 4 is 0 Å². The zero-order valence-electron chi connectivity index (χ0n) is 8.02. The molecule has 0 unspecified atom stereocenters. The first kappa shape index (κ1) is 9.01. The molecule has 0 aliphatic carbocycles. The van der Waals surface area contributed by atoms with Crippen molar-refractivity contribution in [3.8, 4) is 0 Å². The monoisotopic (exact) mass is 157 g/mol. The summed E-state index contributed by atoms with van der Waals surface area (Å²) in [5.74, 6) is 0. The van der Waals surface area contributed by atoms with E-state index >= 15 is 0 Å². The van der Waals surface area contributed by atoms with E-state index in [1.807, 2.05) is 0 Å². The molecule has 0 spiro atoms. The van der Waals surface area contributed by atoms with E-state index in [2.05, 4.69) is 27.7 Å². The highest BCUT2D eigenvalue weighted by Crippen LogP contribution is 2.38. The highest BCUT2D eigenvalue weighted by molar-refractivity contribution is 4.89. The molecule has 1 fully saturated rings. The van der Waals surface area contributed by atoms with E-state index in [1.165, 1.54) is 5.06 Å². The van der Waals surface area contributed by atoms with Crippen LogP contribution in [0.25, 0.3) is 0 Å². The van der Waals surface area contributed by atoms with E-state index in [1.54, 1.807) is 0 Å². The lowest BCUT2D eigenvalue weighted by Gasteiger charge is -2.45. The van der Waals surface area contributed by atoms with Crippen LogP contribution in [-0.2, 0) is 0 Å². The lowest BCUT2D eigenvalue weighted by atomic mass is 9.74. The molecule has 1 N–H and O–H groups in total. The van der Waals surface area contributed by atoms with Gasteiger partial charge in [-0.25, -0.2) is 0 Å². The molecular weight excluding hydrogens is 138 g/mol. The zero-order valence-corrected chi connectivity index (χ0v) is 8.02. The Balaban J connectivity index is 2.67. The molecule has 0 amide bonds. The van der Waals surface area contributed by atoms with Gasteiger partial charge < -0.3 is 5.21 Å². The van der Waals surface area contributed by atoms with Crippen LogP contribution in [-0.4, -0.2) is 22.4 Å². The molecule has 2 heteroatoms. The highest BCUT2D eigenvalue weighted by Gasteiger charge is 2.37. The Morgan fingerprint density at radius 2 is 1.73 bits per heavy atom. The molecule has 1 heterocycles. The predicted octanol–water partition coefficient (Wildman–Crippen LogP) is 2.28. The zero-order chi connectivity index (χ0) is 8.70. The van der Waals surface area contributed by atoms with E-state index in [0.29, 0.717) is 5.41 Å². The second-order valence-corrected chi connectivity index (χ2v) is 5.03. The minimum Gasteiger partial charge on any atom is -0.313 e. The van der Waals surface area contributed by atoms with Gasteiger partial charge in [0.05, 0.1) is 0 Å². The Morgan fingerprint density at radius 3 is 2.09 bits per heavy atom. The Hall–Kier alpha value is -0.0800. The van der Waals surface area contributed by atoms with Gasteiger partial charge in [-0.15, -0.1) is 0 Å². The van der Waals surface area contributed by atoms with Crippen molar-refractivity contribution in [2.75, 3.05) is 6.54 Å². The number of rotatable bonds is 0. The van der Waals surface area contributed by atoms with Crippen LogP contribution in [0.3, 0.4) is 0 Å². The van der Waals surface area contributed by atoms with Crippen LogP contribution in [0.5, 0.6) is 0 Å². The standard InChI is InChI=1S/C9H19NO/c1-8(2)5-6-10(11)9(3,4)7-8/h11H,5-7H2,1-4H3. The molecule has 1 aliphatic heterocycles. The van der Waals surface area contributed by atoms with Crippen LogP contribution in [0, 0.1) is 5.41 Å². The van der Waals surface area contributed by atoms with Gasteiger partial charge >= 0.3 is 0 Å². The smallest absolute Gasteiger partial charge is 0.0409 e. The van der Waals surface area contributed by atoms with Crippen LogP contribution in [0.4, 0.5) is 0 Å². The minimum atomic E-state index is -0.0399. The Labute approximate surface area is 69.2 Å². The Kier molecular flexibility index (Phi) is 2.01. The number of hydrogen-bond acceptors (Lipinski definition) is 2. The maximum Gasteiger partial charge on any atom is 0.0409 e. The molecule has 0 radical (unpaired) electrons. The third-order valence-corrected chi connectivity index (χ3v) is 2.61. The summed E-state index contributed by atoms with van der Waals surface area (Å²) in [5.41, 5.74) is 0.352. The summed E-state index contributed by atoms with van der Waals surface area (Å²) in [5, 5.41) is 11.0. The van der Waals surface area contributed by atoms with E-state index in [0.717, 1.165) is 19.4 Å². The lowest BCUT2D eigenvalue weighted by Crippen LogP contribution is -2.50. The van der Waals surface area contributed by atoms with Crippen LogP contribution in [0.2, 0.25) is 0 Å². The molecular formula is C9H19NO. The lowest BCUT2D eigenvalue weighted by molar-refractivity contribution is -0.196. The maximum absolute atomic E-state index is 9.50. The van der Waals surface area contributed by atoms with E-state index in [4.69, 9.17) is 0 Å². The van der Waals surface area contributed by atoms with Crippen molar-refractivity contribution in [3.63, 3.8) is 0 Å². The fourth-order valence-electron chi connectivity index (χ4n) is 2.06. The molecule has 0 aromatic carbocycles. The van der Waals surface area contributed by atoms with Gasteiger partial charge in [0.15, 0.2) is 0 Å². The molecule has 0 atom stereocenters. The van der Waals surface area contributed by atoms with Gasteiger partial charge in [0.25, 0.3) is 0 Å². The summed E-state index contributed by atoms with van der Waals surface area (Å²) in [6, 6.07) is 0. The predicted molar refractivity (Wildman–Crippen MR) is 45.6 cm³/mol. The average Bonchev–Trinajstić information content (AvgIpc) is 1.77. The second-order valence-electron chi connectivity index (χ2n) is 5.03. The third-order valence-electron chi connectivity index (χ3n) is 2.61. The molecule has 1 saturated heterocycles. The van der Waals surface area contributed by atoms with Crippen LogP contribution in [0.1, 0.15) is 40.5 Å². The number of hydrogen-bond donors (Lipinski definition) is 1. The second kappa shape index (κ2) is 2.46. The first-order chi connectivity index (χ1) is 4.83. The largest absolute Gasteiger partial charge is 0.313 e. The maximum atomic E-state index is 9.50. The SMILES string of the molecule is CC1(C)CCN(O)C(C)(C)C1. The molecule has 2 nitrogen and oxygen atoms in total. The fourth-order valence-corrected chi connectivity index (χ4v) is 2.06. The first-order valence-corrected chi connectivity index (χ1v) is 4.30. The number of nitrogens with zero attached hydrogens (tertiary/aromatic N) is 1. The first-order valence-electron chi connectivity index (χ1n) is 4.30. The minimum absolute atomic E-state index is 0.0399. The topological polar surface area (TPSA) is 23.5 Å². The average molecular weight is 157 g/mol. The van der Waals surface area contributed by atoms with E-state index < -0.39 is 0 Å². The van der Waals surface area contributed by atoms with Gasteiger partial charge in [-0.05, 0) is 32.1 Å². The van der Waals surface area contributed by atoms with Crippen LogP contribution < -0.4 is 0 Å². The third kappa shape index (κ3) is 1.94. The van der Waals surface area contributed by atoms with Crippen molar-refractivity contribution in [1.29, 1.82) is 0 Å². The molecule has 1 aliphatic rings. The van der Waals surface area contributed by atoms with Crippen molar-refractivity contribution in [2.24, 2.45) is 5.41 Å². The van der Waals surface area contributed by atoms with E-state index in [9.17, 15) is 5.21 Å². The van der Waals surface area contributed by atoms with Crippen molar-refractivity contribution < 1.29 is 5.21 Å². The Morgan fingerprint density at radius 1 is 1.18 bits per heavy atom. The van der Waals surface area contributed by atoms with Gasteiger partial charge in [-0.3, -0.25) is 0 Å². The summed E-state index contributed by atoms with van der Waals surface area (Å²) >= 11 is 0. The normalized spacial score (nSPS) is 30.3. The van der Waals surface area contributed by atoms with Crippen molar-refractivity contribution in [2.45, 2.75) is 46.1 Å². The summed E-state index contributed by atoms with van der Waals surface area (Å²) in [4.78, 5) is 0. The highest BCUT2D eigenvalue weighted by atomic mass is 16.5.